The first kappa shape index (κ1) is 22.3. The second-order valence-corrected chi connectivity index (χ2v) is 8.05. The van der Waals surface area contributed by atoms with E-state index in [-0.39, 0.29) is 24.2 Å². The minimum atomic E-state index is -0.466. The molecule has 33 heavy (non-hydrogen) atoms. The fraction of sp³-hybridized carbons (Fsp3) is 0.185. The van der Waals surface area contributed by atoms with E-state index in [1.807, 2.05) is 62.4 Å². The van der Waals surface area contributed by atoms with Crippen LogP contribution in [0.25, 0.3) is 11.3 Å². The molecule has 0 saturated carbocycles. The molecule has 5 nitrogen and oxygen atoms in total. The summed E-state index contributed by atoms with van der Waals surface area (Å²) >= 11 is 0. The number of para-hydroxylation sites is 1. The van der Waals surface area contributed by atoms with Crippen LogP contribution in [-0.4, -0.2) is 26.6 Å². The van der Waals surface area contributed by atoms with Gasteiger partial charge in [0.05, 0.1) is 12.1 Å². The van der Waals surface area contributed by atoms with Gasteiger partial charge >= 0.3 is 0 Å². The van der Waals surface area contributed by atoms with Gasteiger partial charge in [-0.3, -0.25) is 4.79 Å². The molecule has 3 aromatic carbocycles. The van der Waals surface area contributed by atoms with Gasteiger partial charge in [-0.2, -0.15) is 5.10 Å². The van der Waals surface area contributed by atoms with Gasteiger partial charge in [0.25, 0.3) is 5.91 Å². The van der Waals surface area contributed by atoms with E-state index in [0.29, 0.717) is 22.7 Å². The maximum atomic E-state index is 14.4. The molecule has 0 aliphatic carbocycles. The number of benzene rings is 3. The van der Waals surface area contributed by atoms with Crippen molar-refractivity contribution in [2.24, 2.45) is 7.05 Å². The van der Waals surface area contributed by atoms with Crippen LogP contribution < -0.4 is 4.74 Å². The maximum Gasteiger partial charge on any atom is 0.254 e. The van der Waals surface area contributed by atoms with E-state index >= 15 is 0 Å². The first-order valence-corrected chi connectivity index (χ1v) is 10.9. The fourth-order valence-corrected chi connectivity index (χ4v) is 3.69. The molecule has 0 bridgehead atoms. The van der Waals surface area contributed by atoms with Gasteiger partial charge in [-0.05, 0) is 38.1 Å². The van der Waals surface area contributed by atoms with Crippen LogP contribution >= 0.6 is 0 Å². The highest BCUT2D eigenvalue weighted by Crippen LogP contribution is 2.35. The van der Waals surface area contributed by atoms with Crippen LogP contribution in [0.15, 0.2) is 84.9 Å². The lowest BCUT2D eigenvalue weighted by molar-refractivity contribution is 0.0689. The topological polar surface area (TPSA) is 47.4 Å². The van der Waals surface area contributed by atoms with Crippen molar-refractivity contribution in [1.82, 2.24) is 14.7 Å². The zero-order valence-corrected chi connectivity index (χ0v) is 18.9. The monoisotopic (exact) mass is 443 g/mol. The van der Waals surface area contributed by atoms with E-state index in [2.05, 4.69) is 5.10 Å². The highest BCUT2D eigenvalue weighted by Gasteiger charge is 2.26. The summed E-state index contributed by atoms with van der Waals surface area (Å²) in [6, 6.07) is 25.0. The Morgan fingerprint density at radius 3 is 2.21 bits per heavy atom. The summed E-state index contributed by atoms with van der Waals surface area (Å²) in [7, 11) is 1.75. The number of rotatable bonds is 7. The van der Waals surface area contributed by atoms with Crippen molar-refractivity contribution in [2.75, 3.05) is 0 Å². The van der Waals surface area contributed by atoms with Crippen molar-refractivity contribution in [2.45, 2.75) is 26.4 Å². The number of aromatic nitrogens is 2. The van der Waals surface area contributed by atoms with E-state index in [4.69, 9.17) is 4.74 Å². The van der Waals surface area contributed by atoms with E-state index in [9.17, 15) is 9.18 Å². The molecule has 1 aromatic heterocycles. The average molecular weight is 444 g/mol. The predicted molar refractivity (Wildman–Crippen MR) is 127 cm³/mol. The van der Waals surface area contributed by atoms with Crippen LogP contribution in [0.3, 0.4) is 0 Å². The Morgan fingerprint density at radius 1 is 0.970 bits per heavy atom. The number of nitrogens with zero attached hydrogens (tertiary/aromatic N) is 3. The first-order chi connectivity index (χ1) is 16.0. The van der Waals surface area contributed by atoms with Gasteiger partial charge in [0.2, 0.25) is 5.88 Å². The molecule has 0 aliphatic heterocycles. The van der Waals surface area contributed by atoms with E-state index in [1.165, 1.54) is 6.07 Å². The Kier molecular flexibility index (Phi) is 6.54. The van der Waals surface area contributed by atoms with Gasteiger partial charge in [0.1, 0.15) is 5.69 Å². The molecule has 0 spiro atoms. The second-order valence-electron chi connectivity index (χ2n) is 8.05. The van der Waals surface area contributed by atoms with Gasteiger partial charge in [0.15, 0.2) is 11.6 Å². The summed E-state index contributed by atoms with van der Waals surface area (Å²) in [6.07, 6.45) is 0. The number of carbonyl (C=O) groups excluding carboxylic acids is 1. The zero-order chi connectivity index (χ0) is 23.4. The molecule has 168 valence electrons. The summed E-state index contributed by atoms with van der Waals surface area (Å²) in [5.41, 5.74) is 2.90. The summed E-state index contributed by atoms with van der Waals surface area (Å²) in [4.78, 5) is 15.1. The first-order valence-electron chi connectivity index (χ1n) is 10.9. The van der Waals surface area contributed by atoms with Gasteiger partial charge in [0, 0.05) is 24.2 Å². The van der Waals surface area contributed by atoms with Gasteiger partial charge < -0.3 is 9.64 Å². The molecule has 6 heteroatoms. The molecule has 0 fully saturated rings. The molecule has 0 N–H and O–H groups in total. The molecule has 0 radical (unpaired) electrons. The zero-order valence-electron chi connectivity index (χ0n) is 18.9. The molecule has 4 rings (SSSR count). The Morgan fingerprint density at radius 2 is 1.58 bits per heavy atom. The lowest BCUT2D eigenvalue weighted by Crippen LogP contribution is -2.36. The number of hydrogen-bond donors (Lipinski definition) is 0. The van der Waals surface area contributed by atoms with Crippen molar-refractivity contribution < 1.29 is 13.9 Å². The van der Waals surface area contributed by atoms with Gasteiger partial charge in [-0.1, -0.05) is 60.7 Å². The quantitative estimate of drug-likeness (QED) is 0.348. The standard InChI is InChI=1S/C27H26FN3O2/c1-19(2)31(26(32)21-14-8-5-9-15-21)18-22-25(20-12-6-4-7-13-20)29-30(3)27(22)33-24-17-11-10-16-23(24)28/h4-17,19H,18H2,1-3H3. The van der Waals surface area contributed by atoms with Crippen molar-refractivity contribution >= 4 is 5.91 Å². The Labute approximate surface area is 193 Å². The lowest BCUT2D eigenvalue weighted by atomic mass is 10.1. The molecule has 1 amide bonds. The SMILES string of the molecule is CC(C)N(Cc1c(-c2ccccc2)nn(C)c1Oc1ccccc1F)C(=O)c1ccccc1. The molecule has 0 saturated heterocycles. The van der Waals surface area contributed by atoms with Crippen molar-refractivity contribution in [3.63, 3.8) is 0 Å². The minimum absolute atomic E-state index is 0.0807. The Bertz CT molecular complexity index is 1240. The van der Waals surface area contributed by atoms with Crippen LogP contribution in [-0.2, 0) is 13.6 Å². The van der Waals surface area contributed by atoms with Crippen LogP contribution in [0.4, 0.5) is 4.39 Å². The molecule has 1 heterocycles. The summed E-state index contributed by atoms with van der Waals surface area (Å²) < 4.78 is 22.0. The Balaban J connectivity index is 1.80. The summed E-state index contributed by atoms with van der Waals surface area (Å²) in [5, 5.41) is 4.68. The maximum absolute atomic E-state index is 14.4. The highest BCUT2D eigenvalue weighted by molar-refractivity contribution is 5.94. The Hall–Kier alpha value is -3.93. The number of ether oxygens (including phenoxy) is 1. The van der Waals surface area contributed by atoms with E-state index in [1.54, 1.807) is 47.0 Å². The number of carbonyl (C=O) groups is 1. The fourth-order valence-electron chi connectivity index (χ4n) is 3.69. The van der Waals surface area contributed by atoms with E-state index < -0.39 is 5.82 Å². The molecular weight excluding hydrogens is 417 g/mol. The minimum Gasteiger partial charge on any atom is -0.436 e. The molecular formula is C27H26FN3O2. The number of amides is 1. The van der Waals surface area contributed by atoms with Crippen molar-refractivity contribution in [3.8, 4) is 22.9 Å². The molecule has 0 aliphatic rings. The van der Waals surface area contributed by atoms with E-state index in [0.717, 1.165) is 5.56 Å². The molecule has 4 aromatic rings. The molecule has 0 atom stereocenters. The van der Waals surface area contributed by atoms with Crippen LogP contribution in [0, 0.1) is 5.82 Å². The second kappa shape index (κ2) is 9.69. The van der Waals surface area contributed by atoms with Gasteiger partial charge in [-0.15, -0.1) is 0 Å². The summed E-state index contributed by atoms with van der Waals surface area (Å²) in [5.74, 6) is -0.0606. The van der Waals surface area contributed by atoms with Crippen LogP contribution in [0.1, 0.15) is 29.8 Å². The number of aryl methyl sites for hydroxylation is 1. The van der Waals surface area contributed by atoms with Crippen LogP contribution in [0.5, 0.6) is 11.6 Å². The van der Waals surface area contributed by atoms with Gasteiger partial charge in [-0.25, -0.2) is 9.07 Å². The third-order valence-corrected chi connectivity index (χ3v) is 5.41. The third kappa shape index (κ3) is 4.80. The number of halogens is 1. The van der Waals surface area contributed by atoms with Crippen molar-refractivity contribution in [3.05, 3.63) is 102 Å². The van der Waals surface area contributed by atoms with Crippen molar-refractivity contribution in [1.29, 1.82) is 0 Å². The third-order valence-electron chi connectivity index (χ3n) is 5.41. The molecule has 0 unspecified atom stereocenters. The average Bonchev–Trinajstić information content (AvgIpc) is 3.14. The highest BCUT2D eigenvalue weighted by atomic mass is 19.1. The lowest BCUT2D eigenvalue weighted by Gasteiger charge is -2.27. The normalized spacial score (nSPS) is 10.9. The smallest absolute Gasteiger partial charge is 0.254 e. The largest absolute Gasteiger partial charge is 0.436 e. The predicted octanol–water partition coefficient (Wildman–Crippen LogP) is 6.07. The number of hydrogen-bond acceptors (Lipinski definition) is 3. The summed E-state index contributed by atoms with van der Waals surface area (Å²) in [6.45, 7) is 4.20. The van der Waals surface area contributed by atoms with Crippen LogP contribution in [0.2, 0.25) is 0 Å².